The molecule has 0 radical (unpaired) electrons. The molecule has 1 atom stereocenters. The number of hydrogen-bond acceptors (Lipinski definition) is 4. The zero-order chi connectivity index (χ0) is 13.3. The molecule has 1 aromatic rings. The van der Waals surface area contributed by atoms with Gasteiger partial charge in [0.2, 0.25) is 10.0 Å². The van der Waals surface area contributed by atoms with Gasteiger partial charge < -0.3 is 5.73 Å². The SMILES string of the molecule is Cc1cc(C#N)ccc1S(=O)(=O)N1CCCC1N. The third-order valence-electron chi connectivity index (χ3n) is 3.14. The molecule has 2 rings (SSSR count). The van der Waals surface area contributed by atoms with Gasteiger partial charge in [-0.05, 0) is 43.5 Å². The molecule has 0 saturated carbocycles. The predicted octanol–water partition coefficient (Wildman–Crippen LogP) is 0.936. The second-order valence-corrected chi connectivity index (χ2v) is 6.28. The third kappa shape index (κ3) is 2.12. The van der Waals surface area contributed by atoms with Crippen LogP contribution in [0.15, 0.2) is 23.1 Å². The summed E-state index contributed by atoms with van der Waals surface area (Å²) in [7, 11) is -3.54. The van der Waals surface area contributed by atoms with Gasteiger partial charge in [-0.15, -0.1) is 0 Å². The average Bonchev–Trinajstić information content (AvgIpc) is 2.75. The summed E-state index contributed by atoms with van der Waals surface area (Å²) < 4.78 is 26.2. The number of nitrogens with zero attached hydrogens (tertiary/aromatic N) is 2. The minimum atomic E-state index is -3.54. The van der Waals surface area contributed by atoms with Crippen LogP contribution in [-0.4, -0.2) is 25.4 Å². The molecule has 96 valence electrons. The number of benzene rings is 1. The normalized spacial score (nSPS) is 20.8. The van der Waals surface area contributed by atoms with Gasteiger partial charge in [0.05, 0.1) is 22.7 Å². The first kappa shape index (κ1) is 13.0. The van der Waals surface area contributed by atoms with Gasteiger partial charge in [0.15, 0.2) is 0 Å². The Morgan fingerprint density at radius 2 is 2.22 bits per heavy atom. The topological polar surface area (TPSA) is 87.2 Å². The van der Waals surface area contributed by atoms with Crippen molar-refractivity contribution >= 4 is 10.0 Å². The fraction of sp³-hybridized carbons (Fsp3) is 0.417. The molecule has 1 unspecified atom stereocenters. The van der Waals surface area contributed by atoms with Crippen LogP contribution in [0.3, 0.4) is 0 Å². The molecular weight excluding hydrogens is 250 g/mol. The van der Waals surface area contributed by atoms with Crippen molar-refractivity contribution < 1.29 is 8.42 Å². The quantitative estimate of drug-likeness (QED) is 0.862. The maximum atomic E-state index is 12.4. The van der Waals surface area contributed by atoms with Crippen LogP contribution >= 0.6 is 0 Å². The minimum Gasteiger partial charge on any atom is -0.315 e. The Kier molecular flexibility index (Phi) is 3.39. The van der Waals surface area contributed by atoms with E-state index in [-0.39, 0.29) is 4.90 Å². The summed E-state index contributed by atoms with van der Waals surface area (Å²) in [5.41, 5.74) is 6.84. The standard InChI is InChI=1S/C12H15N3O2S/c1-9-7-10(8-13)4-5-11(9)18(16,17)15-6-2-3-12(15)14/h4-5,7,12H,2-3,6,14H2,1H3. The largest absolute Gasteiger partial charge is 0.315 e. The lowest BCUT2D eigenvalue weighted by Gasteiger charge is -2.21. The lowest BCUT2D eigenvalue weighted by molar-refractivity contribution is 0.395. The molecule has 0 amide bonds. The molecule has 2 N–H and O–H groups in total. The van der Waals surface area contributed by atoms with E-state index in [0.29, 0.717) is 24.1 Å². The van der Waals surface area contributed by atoms with Crippen LogP contribution in [0.4, 0.5) is 0 Å². The zero-order valence-corrected chi connectivity index (χ0v) is 10.9. The molecule has 0 aromatic heterocycles. The number of nitriles is 1. The summed E-state index contributed by atoms with van der Waals surface area (Å²) in [6.45, 7) is 2.15. The molecular formula is C12H15N3O2S. The van der Waals surface area contributed by atoms with Crippen molar-refractivity contribution in [2.24, 2.45) is 5.73 Å². The average molecular weight is 265 g/mol. The van der Waals surface area contributed by atoms with Crippen molar-refractivity contribution in [3.8, 4) is 6.07 Å². The maximum absolute atomic E-state index is 12.4. The van der Waals surface area contributed by atoms with Gasteiger partial charge in [-0.25, -0.2) is 8.42 Å². The fourth-order valence-electron chi connectivity index (χ4n) is 2.20. The van der Waals surface area contributed by atoms with Crippen molar-refractivity contribution in [2.45, 2.75) is 30.8 Å². The summed E-state index contributed by atoms with van der Waals surface area (Å²) >= 11 is 0. The molecule has 1 fully saturated rings. The summed E-state index contributed by atoms with van der Waals surface area (Å²) in [5.74, 6) is 0. The Morgan fingerprint density at radius 1 is 1.50 bits per heavy atom. The molecule has 18 heavy (non-hydrogen) atoms. The highest BCUT2D eigenvalue weighted by atomic mass is 32.2. The molecule has 1 heterocycles. The van der Waals surface area contributed by atoms with E-state index < -0.39 is 16.2 Å². The van der Waals surface area contributed by atoms with Gasteiger partial charge >= 0.3 is 0 Å². The van der Waals surface area contributed by atoms with E-state index in [4.69, 9.17) is 11.0 Å². The van der Waals surface area contributed by atoms with Gasteiger partial charge in [-0.1, -0.05) is 0 Å². The number of hydrogen-bond donors (Lipinski definition) is 1. The highest BCUT2D eigenvalue weighted by molar-refractivity contribution is 7.89. The summed E-state index contributed by atoms with van der Waals surface area (Å²) in [5, 5.41) is 8.78. The number of rotatable bonds is 2. The van der Waals surface area contributed by atoms with E-state index in [9.17, 15) is 8.42 Å². The molecule has 1 aliphatic heterocycles. The Bertz CT molecular complexity index is 604. The van der Waals surface area contributed by atoms with E-state index in [1.807, 2.05) is 6.07 Å². The Balaban J connectivity index is 2.45. The van der Waals surface area contributed by atoms with Gasteiger partial charge in [0.1, 0.15) is 0 Å². The van der Waals surface area contributed by atoms with Crippen LogP contribution in [0.5, 0.6) is 0 Å². The number of aryl methyl sites for hydroxylation is 1. The lowest BCUT2D eigenvalue weighted by Crippen LogP contribution is -2.41. The van der Waals surface area contributed by atoms with Gasteiger partial charge in [0.25, 0.3) is 0 Å². The van der Waals surface area contributed by atoms with E-state index in [1.54, 1.807) is 13.0 Å². The molecule has 1 aliphatic rings. The van der Waals surface area contributed by atoms with Crippen LogP contribution in [0.2, 0.25) is 0 Å². The van der Waals surface area contributed by atoms with Gasteiger partial charge in [-0.3, -0.25) is 0 Å². The Labute approximate surface area is 107 Å². The third-order valence-corrected chi connectivity index (χ3v) is 5.22. The molecule has 1 saturated heterocycles. The van der Waals surface area contributed by atoms with Crippen LogP contribution in [0, 0.1) is 18.3 Å². The molecule has 5 nitrogen and oxygen atoms in total. The Morgan fingerprint density at radius 3 is 2.72 bits per heavy atom. The van der Waals surface area contributed by atoms with E-state index >= 15 is 0 Å². The predicted molar refractivity (Wildman–Crippen MR) is 67.0 cm³/mol. The summed E-state index contributed by atoms with van der Waals surface area (Å²) in [4.78, 5) is 0.235. The minimum absolute atomic E-state index is 0.235. The van der Waals surface area contributed by atoms with Crippen LogP contribution in [0.25, 0.3) is 0 Å². The van der Waals surface area contributed by atoms with E-state index in [0.717, 1.165) is 6.42 Å². The summed E-state index contributed by atoms with van der Waals surface area (Å²) in [6.07, 6.45) is 1.04. The molecule has 0 bridgehead atoms. The highest BCUT2D eigenvalue weighted by Crippen LogP contribution is 2.26. The van der Waals surface area contributed by atoms with Crippen molar-refractivity contribution in [3.05, 3.63) is 29.3 Å². The first-order valence-corrected chi connectivity index (χ1v) is 7.19. The fourth-order valence-corrected chi connectivity index (χ4v) is 3.99. The second-order valence-electron chi connectivity index (χ2n) is 4.42. The Hall–Kier alpha value is -1.42. The molecule has 1 aromatic carbocycles. The maximum Gasteiger partial charge on any atom is 0.244 e. The van der Waals surface area contributed by atoms with Crippen LogP contribution in [-0.2, 0) is 10.0 Å². The monoisotopic (exact) mass is 265 g/mol. The van der Waals surface area contributed by atoms with Crippen molar-refractivity contribution in [1.82, 2.24) is 4.31 Å². The molecule has 0 aliphatic carbocycles. The lowest BCUT2D eigenvalue weighted by atomic mass is 10.2. The second kappa shape index (κ2) is 4.69. The first-order chi connectivity index (χ1) is 8.46. The first-order valence-electron chi connectivity index (χ1n) is 5.75. The molecule has 0 spiro atoms. The smallest absolute Gasteiger partial charge is 0.244 e. The van der Waals surface area contributed by atoms with Crippen LogP contribution < -0.4 is 5.73 Å². The summed E-state index contributed by atoms with van der Waals surface area (Å²) in [6, 6.07) is 6.57. The van der Waals surface area contributed by atoms with Crippen molar-refractivity contribution in [1.29, 1.82) is 5.26 Å². The van der Waals surface area contributed by atoms with E-state index in [1.165, 1.54) is 16.4 Å². The number of nitrogens with two attached hydrogens (primary N) is 1. The van der Waals surface area contributed by atoms with Gasteiger partial charge in [0, 0.05) is 6.54 Å². The zero-order valence-electron chi connectivity index (χ0n) is 10.1. The number of sulfonamides is 1. The van der Waals surface area contributed by atoms with Crippen molar-refractivity contribution in [3.63, 3.8) is 0 Å². The van der Waals surface area contributed by atoms with Crippen LogP contribution in [0.1, 0.15) is 24.0 Å². The molecule has 6 heteroatoms. The van der Waals surface area contributed by atoms with Crippen molar-refractivity contribution in [2.75, 3.05) is 6.54 Å². The van der Waals surface area contributed by atoms with E-state index in [2.05, 4.69) is 0 Å². The van der Waals surface area contributed by atoms with Gasteiger partial charge in [-0.2, -0.15) is 9.57 Å². The highest BCUT2D eigenvalue weighted by Gasteiger charge is 2.33.